The molecule has 2 atom stereocenters. The average Bonchev–Trinajstić information content (AvgIpc) is 2.59. The second-order valence-electron chi connectivity index (χ2n) is 5.17. The molecule has 0 aliphatic rings. The van der Waals surface area contributed by atoms with E-state index >= 15 is 0 Å². The summed E-state index contributed by atoms with van der Waals surface area (Å²) in [5, 5.41) is 2.76. The van der Waals surface area contributed by atoms with Crippen molar-refractivity contribution in [3.8, 4) is 0 Å². The molecule has 0 heterocycles. The van der Waals surface area contributed by atoms with Gasteiger partial charge in [0.05, 0.1) is 6.61 Å². The van der Waals surface area contributed by atoms with Gasteiger partial charge in [0.2, 0.25) is 0 Å². The molecule has 0 aliphatic carbocycles. The summed E-state index contributed by atoms with van der Waals surface area (Å²) >= 11 is 1.74. The van der Waals surface area contributed by atoms with E-state index in [1.807, 2.05) is 18.2 Å². The Bertz CT molecular complexity index is 521. The van der Waals surface area contributed by atoms with Gasteiger partial charge in [-0.3, -0.25) is 4.79 Å². The van der Waals surface area contributed by atoms with E-state index in [-0.39, 0.29) is 12.5 Å². The molecule has 2 unspecified atom stereocenters. The molecule has 0 spiro atoms. The second-order valence-corrected chi connectivity index (χ2v) is 6.28. The van der Waals surface area contributed by atoms with Crippen molar-refractivity contribution in [2.45, 2.75) is 31.8 Å². The quantitative estimate of drug-likeness (QED) is 0.377. The first-order valence-corrected chi connectivity index (χ1v) is 9.02. The summed E-state index contributed by atoms with van der Waals surface area (Å²) in [6.07, 6.45) is -0.0152. The molecule has 1 aromatic carbocycles. The number of carbonyl (C=O) groups excluding carboxylic acids is 2. The third-order valence-electron chi connectivity index (χ3n) is 3.12. The lowest BCUT2D eigenvalue weighted by Crippen LogP contribution is -2.39. The number of carbonyl (C=O) groups is 2. The Balaban J connectivity index is 2.17. The minimum absolute atomic E-state index is 0.259. The largest absolute Gasteiger partial charge is 0.451 e. The Labute approximate surface area is 147 Å². The highest BCUT2D eigenvalue weighted by molar-refractivity contribution is 7.98. The number of esters is 1. The highest BCUT2D eigenvalue weighted by atomic mass is 32.2. The maximum Gasteiger partial charge on any atom is 0.335 e. The Kier molecular flexibility index (Phi) is 9.88. The molecule has 1 aromatic rings. The predicted octanol–water partition coefficient (Wildman–Crippen LogP) is 2.56. The van der Waals surface area contributed by atoms with Gasteiger partial charge in [-0.1, -0.05) is 36.4 Å². The standard InChI is InChI=1S/C18H25NO4S/c1-4-11-22-15(3)18(21)23-14(2)17(20)19-10-12-24-13-16-8-6-5-7-9-16/h4-9,14-15H,1,10-13H2,2-3H3,(H,19,20). The van der Waals surface area contributed by atoms with Crippen LogP contribution in [0.3, 0.4) is 0 Å². The van der Waals surface area contributed by atoms with Crippen molar-refractivity contribution in [2.24, 2.45) is 0 Å². The second kappa shape index (κ2) is 11.7. The van der Waals surface area contributed by atoms with Gasteiger partial charge in [-0.2, -0.15) is 11.8 Å². The van der Waals surface area contributed by atoms with Crippen LogP contribution in [0.15, 0.2) is 43.0 Å². The molecule has 0 fully saturated rings. The SMILES string of the molecule is C=CCOC(C)C(=O)OC(C)C(=O)NCCSCc1ccccc1. The summed E-state index contributed by atoms with van der Waals surface area (Å²) in [6, 6.07) is 10.1. The number of nitrogens with one attached hydrogen (secondary N) is 1. The van der Waals surface area contributed by atoms with Crippen LogP contribution in [0, 0.1) is 0 Å². The van der Waals surface area contributed by atoms with Crippen LogP contribution in [-0.4, -0.2) is 43.0 Å². The van der Waals surface area contributed by atoms with Gasteiger partial charge in [0.25, 0.3) is 5.91 Å². The Morgan fingerprint density at radius 3 is 2.62 bits per heavy atom. The van der Waals surface area contributed by atoms with Gasteiger partial charge in [-0.15, -0.1) is 6.58 Å². The number of hydrogen-bond acceptors (Lipinski definition) is 5. The normalized spacial score (nSPS) is 12.9. The number of benzene rings is 1. The van der Waals surface area contributed by atoms with Gasteiger partial charge < -0.3 is 14.8 Å². The van der Waals surface area contributed by atoms with Gasteiger partial charge in [0, 0.05) is 18.1 Å². The first-order valence-electron chi connectivity index (χ1n) is 7.87. The third-order valence-corrected chi connectivity index (χ3v) is 4.15. The molecular weight excluding hydrogens is 326 g/mol. The van der Waals surface area contributed by atoms with Crippen LogP contribution in [-0.2, 0) is 24.8 Å². The Morgan fingerprint density at radius 2 is 1.96 bits per heavy atom. The maximum absolute atomic E-state index is 11.9. The first kappa shape index (κ1) is 20.3. The topological polar surface area (TPSA) is 64.6 Å². The maximum atomic E-state index is 11.9. The molecule has 0 bridgehead atoms. The zero-order valence-electron chi connectivity index (χ0n) is 14.2. The van der Waals surface area contributed by atoms with Crippen LogP contribution < -0.4 is 5.32 Å². The van der Waals surface area contributed by atoms with Crippen molar-refractivity contribution < 1.29 is 19.1 Å². The Hall–Kier alpha value is -1.79. The van der Waals surface area contributed by atoms with Crippen molar-refractivity contribution in [3.63, 3.8) is 0 Å². The van der Waals surface area contributed by atoms with E-state index in [1.165, 1.54) is 5.56 Å². The average molecular weight is 351 g/mol. The van der Waals surface area contributed by atoms with Crippen molar-refractivity contribution in [2.75, 3.05) is 18.9 Å². The van der Waals surface area contributed by atoms with E-state index in [2.05, 4.69) is 24.0 Å². The first-order chi connectivity index (χ1) is 11.5. The minimum Gasteiger partial charge on any atom is -0.451 e. The highest BCUT2D eigenvalue weighted by Gasteiger charge is 2.21. The van der Waals surface area contributed by atoms with E-state index in [0.29, 0.717) is 6.54 Å². The molecule has 0 aliphatic heterocycles. The number of thioether (sulfide) groups is 1. The van der Waals surface area contributed by atoms with Gasteiger partial charge in [0.1, 0.15) is 0 Å². The molecule has 132 valence electrons. The lowest BCUT2D eigenvalue weighted by molar-refractivity contribution is -0.164. The lowest BCUT2D eigenvalue weighted by atomic mass is 10.2. The zero-order valence-corrected chi connectivity index (χ0v) is 15.0. The van der Waals surface area contributed by atoms with Crippen LogP contribution >= 0.6 is 11.8 Å². The number of ether oxygens (including phenoxy) is 2. The molecule has 1 rings (SSSR count). The van der Waals surface area contributed by atoms with E-state index in [9.17, 15) is 9.59 Å². The van der Waals surface area contributed by atoms with Gasteiger partial charge in [-0.05, 0) is 19.4 Å². The summed E-state index contributed by atoms with van der Waals surface area (Å²) in [5.41, 5.74) is 1.25. The third kappa shape index (κ3) is 8.17. The van der Waals surface area contributed by atoms with Crippen molar-refractivity contribution in [1.82, 2.24) is 5.32 Å². The van der Waals surface area contributed by atoms with Crippen molar-refractivity contribution in [1.29, 1.82) is 0 Å². The smallest absolute Gasteiger partial charge is 0.335 e. The molecule has 1 N–H and O–H groups in total. The number of hydrogen-bond donors (Lipinski definition) is 1. The highest BCUT2D eigenvalue weighted by Crippen LogP contribution is 2.10. The molecule has 0 saturated carbocycles. The minimum atomic E-state index is -0.841. The van der Waals surface area contributed by atoms with Crippen LogP contribution in [0.4, 0.5) is 0 Å². The lowest BCUT2D eigenvalue weighted by Gasteiger charge is -2.16. The molecule has 0 aromatic heterocycles. The molecule has 6 heteroatoms. The molecule has 24 heavy (non-hydrogen) atoms. The monoisotopic (exact) mass is 351 g/mol. The number of rotatable bonds is 11. The fourth-order valence-corrected chi connectivity index (χ4v) is 2.58. The van der Waals surface area contributed by atoms with Crippen LogP contribution in [0.1, 0.15) is 19.4 Å². The van der Waals surface area contributed by atoms with Crippen LogP contribution in [0.25, 0.3) is 0 Å². The van der Waals surface area contributed by atoms with E-state index in [4.69, 9.17) is 9.47 Å². The van der Waals surface area contributed by atoms with Gasteiger partial charge in [0.15, 0.2) is 12.2 Å². The van der Waals surface area contributed by atoms with E-state index in [0.717, 1.165) is 11.5 Å². The summed E-state index contributed by atoms with van der Waals surface area (Å²) in [4.78, 5) is 23.6. The van der Waals surface area contributed by atoms with Crippen LogP contribution in [0.5, 0.6) is 0 Å². The van der Waals surface area contributed by atoms with E-state index < -0.39 is 18.2 Å². The zero-order chi connectivity index (χ0) is 17.8. The summed E-state index contributed by atoms with van der Waals surface area (Å²) < 4.78 is 10.2. The van der Waals surface area contributed by atoms with Gasteiger partial charge >= 0.3 is 5.97 Å². The predicted molar refractivity (Wildman–Crippen MR) is 96.8 cm³/mol. The van der Waals surface area contributed by atoms with Crippen LogP contribution in [0.2, 0.25) is 0 Å². The van der Waals surface area contributed by atoms with Crippen molar-refractivity contribution >= 4 is 23.6 Å². The molecule has 5 nitrogen and oxygen atoms in total. The molecule has 0 saturated heterocycles. The fraction of sp³-hybridized carbons (Fsp3) is 0.444. The van der Waals surface area contributed by atoms with Crippen molar-refractivity contribution in [3.05, 3.63) is 48.6 Å². The molecule has 0 radical (unpaired) electrons. The van der Waals surface area contributed by atoms with Gasteiger partial charge in [-0.25, -0.2) is 4.79 Å². The molecular formula is C18H25NO4S. The number of amides is 1. The summed E-state index contributed by atoms with van der Waals surface area (Å²) in [6.45, 7) is 7.42. The molecule has 1 amide bonds. The fourth-order valence-electron chi connectivity index (χ4n) is 1.76. The summed E-state index contributed by atoms with van der Waals surface area (Å²) in [7, 11) is 0. The Morgan fingerprint density at radius 1 is 1.25 bits per heavy atom. The van der Waals surface area contributed by atoms with E-state index in [1.54, 1.807) is 31.7 Å². The summed E-state index contributed by atoms with van der Waals surface area (Å²) in [5.74, 6) is 0.831.